The summed E-state index contributed by atoms with van der Waals surface area (Å²) in [5, 5.41) is 3.02. The molecule has 0 bridgehead atoms. The van der Waals surface area contributed by atoms with E-state index in [0.717, 1.165) is 0 Å². The third-order valence-electron chi connectivity index (χ3n) is 2.64. The molecule has 0 aliphatic heterocycles. The van der Waals surface area contributed by atoms with Crippen molar-refractivity contribution in [3.8, 4) is 10.6 Å². The maximum atomic E-state index is 12.5. The van der Waals surface area contributed by atoms with Crippen LogP contribution >= 0.6 is 22.9 Å². The van der Waals surface area contributed by atoms with E-state index in [9.17, 15) is 4.79 Å². The number of hydrogen-bond acceptors (Lipinski definition) is 4. The molecule has 0 aliphatic rings. The van der Waals surface area contributed by atoms with Gasteiger partial charge in [-0.05, 0) is 12.1 Å². The van der Waals surface area contributed by atoms with E-state index in [1.807, 2.05) is 17.5 Å². The number of thiazole rings is 1. The van der Waals surface area contributed by atoms with Gasteiger partial charge in [-0.3, -0.25) is 4.79 Å². The molecule has 2 aromatic heterocycles. The van der Waals surface area contributed by atoms with E-state index in [2.05, 4.69) is 4.98 Å². The number of benzene rings is 1. The molecule has 0 radical (unpaired) electrons. The monoisotopic (exact) mass is 277 g/mol. The van der Waals surface area contributed by atoms with Crippen LogP contribution in [0.5, 0.6) is 0 Å². The maximum absolute atomic E-state index is 12.5. The first-order chi connectivity index (χ1) is 8.81. The molecule has 2 heterocycles. The summed E-state index contributed by atoms with van der Waals surface area (Å²) in [6.45, 7) is 0. The molecular weight excluding hydrogens is 270 g/mol. The average molecular weight is 278 g/mol. The van der Waals surface area contributed by atoms with Crippen molar-refractivity contribution in [3.05, 3.63) is 51.8 Å². The summed E-state index contributed by atoms with van der Waals surface area (Å²) in [4.78, 5) is 16.6. The van der Waals surface area contributed by atoms with Crippen molar-refractivity contribution in [3.63, 3.8) is 0 Å². The first-order valence-corrected chi connectivity index (χ1v) is 6.73. The smallest absolute Gasteiger partial charge is 0.203 e. The minimum absolute atomic E-state index is 0.0811. The number of hydrogen-bond donors (Lipinski definition) is 0. The Bertz CT molecular complexity index is 749. The van der Waals surface area contributed by atoms with Gasteiger partial charge in [0, 0.05) is 11.6 Å². The predicted molar refractivity (Wildman–Crippen MR) is 73.1 cm³/mol. The summed E-state index contributed by atoms with van der Waals surface area (Å²) >= 11 is 7.26. The summed E-state index contributed by atoms with van der Waals surface area (Å²) < 4.78 is 5.68. The van der Waals surface area contributed by atoms with Crippen molar-refractivity contribution >= 4 is 33.9 Å². The van der Waals surface area contributed by atoms with Crippen molar-refractivity contribution in [2.24, 2.45) is 0 Å². The van der Waals surface area contributed by atoms with Crippen LogP contribution in [0, 0.1) is 0 Å². The minimum Gasteiger partial charge on any atom is -0.459 e. The fraction of sp³-hybridized carbons (Fsp3) is 0.0769. The second-order valence-corrected chi connectivity index (χ2v) is 4.86. The Hall–Kier alpha value is -1.65. The van der Waals surface area contributed by atoms with Gasteiger partial charge in [-0.1, -0.05) is 12.1 Å². The number of rotatable bonds is 2. The summed E-state index contributed by atoms with van der Waals surface area (Å²) in [6, 6.07) is 7.15. The Morgan fingerprint density at radius 3 is 2.89 bits per heavy atom. The van der Waals surface area contributed by atoms with Gasteiger partial charge in [-0.15, -0.1) is 22.9 Å². The summed E-state index contributed by atoms with van der Waals surface area (Å²) in [5.74, 6) is 0.616. The summed E-state index contributed by atoms with van der Waals surface area (Å²) in [7, 11) is 0. The molecule has 0 unspecified atom stereocenters. The molecule has 0 aliphatic carbocycles. The highest BCUT2D eigenvalue weighted by Gasteiger charge is 2.16. The highest BCUT2D eigenvalue weighted by Crippen LogP contribution is 2.26. The van der Waals surface area contributed by atoms with E-state index in [1.165, 1.54) is 11.3 Å². The molecule has 0 N–H and O–H groups in total. The third-order valence-corrected chi connectivity index (χ3v) is 3.67. The number of fused-ring (bicyclic) bond motifs is 1. The summed E-state index contributed by atoms with van der Waals surface area (Å²) in [5.41, 5.74) is 0.944. The molecule has 18 heavy (non-hydrogen) atoms. The van der Waals surface area contributed by atoms with Crippen molar-refractivity contribution in [1.82, 2.24) is 4.98 Å². The zero-order valence-electron chi connectivity index (χ0n) is 9.22. The number of halogens is 1. The fourth-order valence-corrected chi connectivity index (χ4v) is 2.73. The fourth-order valence-electron chi connectivity index (χ4n) is 1.85. The lowest BCUT2D eigenvalue weighted by molar-refractivity contribution is 0.561. The van der Waals surface area contributed by atoms with Crippen molar-refractivity contribution < 1.29 is 4.42 Å². The van der Waals surface area contributed by atoms with Crippen molar-refractivity contribution in [2.75, 3.05) is 0 Å². The molecule has 1 aromatic carbocycles. The van der Waals surface area contributed by atoms with Gasteiger partial charge in [0.2, 0.25) is 5.43 Å². The lowest BCUT2D eigenvalue weighted by Crippen LogP contribution is -2.08. The zero-order valence-corrected chi connectivity index (χ0v) is 10.8. The van der Waals surface area contributed by atoms with Crippen LogP contribution in [-0.4, -0.2) is 4.98 Å². The molecule has 0 saturated carbocycles. The Morgan fingerprint density at radius 1 is 1.33 bits per heavy atom. The van der Waals surface area contributed by atoms with Crippen LogP contribution in [-0.2, 0) is 5.88 Å². The molecule has 0 saturated heterocycles. The Kier molecular flexibility index (Phi) is 2.89. The first kappa shape index (κ1) is 11.4. The standard InChI is InChI=1S/C13H8ClNO2S/c14-7-10-11(13-15-5-6-18-13)12(16)8-3-1-2-4-9(8)17-10/h1-6H,7H2. The molecule has 0 amide bonds. The van der Waals surface area contributed by atoms with E-state index in [-0.39, 0.29) is 11.3 Å². The van der Waals surface area contributed by atoms with Crippen molar-refractivity contribution in [1.29, 1.82) is 0 Å². The largest absolute Gasteiger partial charge is 0.459 e. The maximum Gasteiger partial charge on any atom is 0.203 e. The highest BCUT2D eigenvalue weighted by molar-refractivity contribution is 7.13. The molecule has 3 aromatic rings. The number of aromatic nitrogens is 1. The van der Waals surface area contributed by atoms with Gasteiger partial charge in [0.15, 0.2) is 0 Å². The first-order valence-electron chi connectivity index (χ1n) is 5.32. The van der Waals surface area contributed by atoms with Crippen LogP contribution < -0.4 is 5.43 Å². The van der Waals surface area contributed by atoms with E-state index in [0.29, 0.717) is 27.3 Å². The second kappa shape index (κ2) is 4.55. The van der Waals surface area contributed by atoms with Gasteiger partial charge in [-0.2, -0.15) is 0 Å². The molecule has 3 rings (SSSR count). The Balaban J connectivity index is 2.43. The van der Waals surface area contributed by atoms with Crippen LogP contribution in [0.3, 0.4) is 0 Å². The van der Waals surface area contributed by atoms with Gasteiger partial charge in [0.25, 0.3) is 0 Å². The molecule has 90 valence electrons. The van der Waals surface area contributed by atoms with Crippen molar-refractivity contribution in [2.45, 2.75) is 5.88 Å². The topological polar surface area (TPSA) is 43.1 Å². The second-order valence-electron chi connectivity index (χ2n) is 3.70. The van der Waals surface area contributed by atoms with Gasteiger partial charge in [0.05, 0.1) is 16.8 Å². The van der Waals surface area contributed by atoms with Gasteiger partial charge in [-0.25, -0.2) is 4.98 Å². The normalized spacial score (nSPS) is 10.9. The molecular formula is C13H8ClNO2S. The van der Waals surface area contributed by atoms with E-state index in [1.54, 1.807) is 18.3 Å². The van der Waals surface area contributed by atoms with Crippen LogP contribution in [0.15, 0.2) is 45.1 Å². The number of alkyl halides is 1. The van der Waals surface area contributed by atoms with E-state index in [4.69, 9.17) is 16.0 Å². The molecule has 0 fully saturated rings. The number of para-hydroxylation sites is 1. The number of nitrogens with zero attached hydrogens (tertiary/aromatic N) is 1. The summed E-state index contributed by atoms with van der Waals surface area (Å²) in [6.07, 6.45) is 1.66. The predicted octanol–water partition coefficient (Wildman–Crippen LogP) is 3.66. The van der Waals surface area contributed by atoms with E-state index >= 15 is 0 Å². The molecule has 0 atom stereocenters. The SMILES string of the molecule is O=c1c(-c2nccs2)c(CCl)oc2ccccc12. The molecule has 3 nitrogen and oxygen atoms in total. The van der Waals surface area contributed by atoms with E-state index < -0.39 is 0 Å². The third kappa shape index (κ3) is 1.74. The van der Waals surface area contributed by atoms with Gasteiger partial charge < -0.3 is 4.42 Å². The molecule has 5 heteroatoms. The minimum atomic E-state index is -0.0811. The highest BCUT2D eigenvalue weighted by atomic mass is 35.5. The average Bonchev–Trinajstić information content (AvgIpc) is 2.92. The quantitative estimate of drug-likeness (QED) is 0.672. The van der Waals surface area contributed by atoms with Crippen LogP contribution in [0.2, 0.25) is 0 Å². The zero-order chi connectivity index (χ0) is 12.5. The lowest BCUT2D eigenvalue weighted by Gasteiger charge is -2.05. The van der Waals surface area contributed by atoms with Crippen LogP contribution in [0.25, 0.3) is 21.5 Å². The Labute approximate surface area is 112 Å². The van der Waals surface area contributed by atoms with Gasteiger partial charge in [0.1, 0.15) is 16.4 Å². The van der Waals surface area contributed by atoms with Crippen LogP contribution in [0.1, 0.15) is 5.76 Å². The van der Waals surface area contributed by atoms with Crippen LogP contribution in [0.4, 0.5) is 0 Å². The molecule has 0 spiro atoms. The lowest BCUT2D eigenvalue weighted by atomic mass is 10.1. The Morgan fingerprint density at radius 2 is 2.17 bits per heavy atom. The van der Waals surface area contributed by atoms with Gasteiger partial charge >= 0.3 is 0 Å².